The van der Waals surface area contributed by atoms with Crippen molar-refractivity contribution in [2.45, 2.75) is 25.3 Å². The van der Waals surface area contributed by atoms with Gasteiger partial charge in [0, 0.05) is 18.4 Å². The van der Waals surface area contributed by atoms with Crippen LogP contribution in [0.5, 0.6) is 0 Å². The molecule has 10 heavy (non-hydrogen) atoms. The lowest BCUT2D eigenvalue weighted by atomic mass is 9.93. The first-order valence-electron chi connectivity index (χ1n) is 3.63. The van der Waals surface area contributed by atoms with Gasteiger partial charge in [-0.15, -0.1) is 0 Å². The van der Waals surface area contributed by atoms with Gasteiger partial charge in [0.05, 0.1) is 0 Å². The molecule has 1 aliphatic rings. The Labute approximate surface area is 64.9 Å². The van der Waals surface area contributed by atoms with Crippen molar-refractivity contribution < 1.29 is 0 Å². The van der Waals surface area contributed by atoms with Crippen LogP contribution in [0.4, 0.5) is 0 Å². The second-order valence-corrected chi connectivity index (χ2v) is 3.14. The molecule has 1 saturated carbocycles. The van der Waals surface area contributed by atoms with Crippen molar-refractivity contribution in [3.05, 3.63) is 17.2 Å². The van der Waals surface area contributed by atoms with Crippen LogP contribution in [0.3, 0.4) is 0 Å². The third-order valence-electron chi connectivity index (χ3n) is 2.14. The van der Waals surface area contributed by atoms with Gasteiger partial charge in [-0.05, 0) is 31.5 Å². The van der Waals surface area contributed by atoms with E-state index in [-0.39, 0.29) is 0 Å². The van der Waals surface area contributed by atoms with Gasteiger partial charge < -0.3 is 9.55 Å². The fourth-order valence-electron chi connectivity index (χ4n) is 1.28. The van der Waals surface area contributed by atoms with Crippen molar-refractivity contribution in [2.75, 3.05) is 0 Å². The average Bonchev–Trinajstić information content (AvgIpc) is 2.12. The number of H-pyrrole nitrogens is 1. The van der Waals surface area contributed by atoms with Gasteiger partial charge in [0.15, 0.2) is 4.77 Å². The monoisotopic (exact) mass is 154 g/mol. The zero-order valence-electron chi connectivity index (χ0n) is 5.71. The quantitative estimate of drug-likeness (QED) is 0.615. The minimum Gasteiger partial charge on any atom is -0.337 e. The van der Waals surface area contributed by atoms with Crippen LogP contribution in [0.25, 0.3) is 0 Å². The number of nitrogens with one attached hydrogen (secondary N) is 1. The van der Waals surface area contributed by atoms with Crippen LogP contribution in [-0.2, 0) is 0 Å². The number of imidazole rings is 1. The molecule has 2 nitrogen and oxygen atoms in total. The molecule has 0 aliphatic heterocycles. The summed E-state index contributed by atoms with van der Waals surface area (Å²) in [5.74, 6) is 0. The number of hydrogen-bond donors (Lipinski definition) is 1. The molecule has 0 radical (unpaired) electrons. The highest BCUT2D eigenvalue weighted by Crippen LogP contribution is 2.31. The summed E-state index contributed by atoms with van der Waals surface area (Å²) in [4.78, 5) is 3.00. The normalized spacial score (nSPS) is 18.8. The smallest absolute Gasteiger partial charge is 0.177 e. The molecular weight excluding hydrogens is 144 g/mol. The summed E-state index contributed by atoms with van der Waals surface area (Å²) >= 11 is 5.07. The van der Waals surface area contributed by atoms with Crippen LogP contribution in [0.2, 0.25) is 0 Å². The van der Waals surface area contributed by atoms with Crippen molar-refractivity contribution in [1.29, 1.82) is 0 Å². The fourth-order valence-corrected chi connectivity index (χ4v) is 1.56. The number of aromatic amines is 1. The number of aromatic nitrogens is 2. The van der Waals surface area contributed by atoms with Crippen LogP contribution >= 0.6 is 12.2 Å². The van der Waals surface area contributed by atoms with E-state index in [1.807, 2.05) is 12.4 Å². The molecule has 3 heteroatoms. The Morgan fingerprint density at radius 2 is 2.40 bits per heavy atom. The van der Waals surface area contributed by atoms with E-state index in [0.29, 0.717) is 6.04 Å². The molecule has 2 rings (SSSR count). The van der Waals surface area contributed by atoms with Crippen LogP contribution in [0, 0.1) is 4.77 Å². The van der Waals surface area contributed by atoms with E-state index in [9.17, 15) is 0 Å². The third-order valence-corrected chi connectivity index (χ3v) is 2.47. The minimum absolute atomic E-state index is 0.693. The van der Waals surface area contributed by atoms with Gasteiger partial charge in [-0.25, -0.2) is 0 Å². The van der Waals surface area contributed by atoms with Gasteiger partial charge in [0.2, 0.25) is 0 Å². The molecule has 1 heterocycles. The Kier molecular flexibility index (Phi) is 1.38. The summed E-state index contributed by atoms with van der Waals surface area (Å²) in [7, 11) is 0. The first-order valence-corrected chi connectivity index (χ1v) is 4.04. The second kappa shape index (κ2) is 2.23. The molecule has 1 aliphatic carbocycles. The van der Waals surface area contributed by atoms with Gasteiger partial charge in [-0.2, -0.15) is 0 Å². The molecule has 0 spiro atoms. The molecule has 1 N–H and O–H groups in total. The molecule has 1 aromatic heterocycles. The van der Waals surface area contributed by atoms with E-state index in [1.54, 1.807) is 0 Å². The molecule has 0 atom stereocenters. The zero-order valence-corrected chi connectivity index (χ0v) is 6.53. The van der Waals surface area contributed by atoms with Crippen molar-refractivity contribution in [3.8, 4) is 0 Å². The highest BCUT2D eigenvalue weighted by atomic mass is 32.1. The molecule has 1 aromatic rings. The van der Waals surface area contributed by atoms with Crippen molar-refractivity contribution >= 4 is 12.2 Å². The molecule has 0 amide bonds. The highest BCUT2D eigenvalue weighted by Gasteiger charge is 2.18. The van der Waals surface area contributed by atoms with Gasteiger partial charge in [-0.1, -0.05) is 0 Å². The number of rotatable bonds is 1. The minimum atomic E-state index is 0.693. The number of nitrogens with zero attached hydrogens (tertiary/aromatic N) is 1. The maximum Gasteiger partial charge on any atom is 0.177 e. The topological polar surface area (TPSA) is 20.7 Å². The van der Waals surface area contributed by atoms with Crippen LogP contribution < -0.4 is 0 Å². The first kappa shape index (κ1) is 6.16. The summed E-state index contributed by atoms with van der Waals surface area (Å²) in [6.45, 7) is 0. The van der Waals surface area contributed by atoms with Crippen LogP contribution in [0.15, 0.2) is 12.4 Å². The van der Waals surface area contributed by atoms with Crippen molar-refractivity contribution in [1.82, 2.24) is 9.55 Å². The molecule has 0 saturated heterocycles. The predicted octanol–water partition coefficient (Wildman–Crippen LogP) is 2.27. The zero-order chi connectivity index (χ0) is 6.97. The van der Waals surface area contributed by atoms with E-state index < -0.39 is 0 Å². The number of hydrogen-bond acceptors (Lipinski definition) is 1. The van der Waals surface area contributed by atoms with Crippen LogP contribution in [0.1, 0.15) is 25.3 Å². The summed E-state index contributed by atoms with van der Waals surface area (Å²) < 4.78 is 3.02. The van der Waals surface area contributed by atoms with E-state index in [2.05, 4.69) is 9.55 Å². The largest absolute Gasteiger partial charge is 0.337 e. The Balaban J connectivity index is 2.32. The van der Waals surface area contributed by atoms with Crippen LogP contribution in [-0.4, -0.2) is 9.55 Å². The summed E-state index contributed by atoms with van der Waals surface area (Å²) in [6.07, 6.45) is 7.89. The molecule has 54 valence electrons. The average molecular weight is 154 g/mol. The lowest BCUT2D eigenvalue weighted by Gasteiger charge is -2.26. The molecule has 0 aromatic carbocycles. The van der Waals surface area contributed by atoms with E-state index in [0.717, 1.165) is 4.77 Å². The van der Waals surface area contributed by atoms with Gasteiger partial charge >= 0.3 is 0 Å². The summed E-state index contributed by atoms with van der Waals surface area (Å²) in [6, 6.07) is 0.693. The lowest BCUT2D eigenvalue weighted by molar-refractivity contribution is 0.311. The van der Waals surface area contributed by atoms with Gasteiger partial charge in [0.1, 0.15) is 0 Å². The maximum absolute atomic E-state index is 5.07. The lowest BCUT2D eigenvalue weighted by Crippen LogP contribution is -2.15. The van der Waals surface area contributed by atoms with E-state index in [1.165, 1.54) is 19.3 Å². The van der Waals surface area contributed by atoms with E-state index >= 15 is 0 Å². The molecule has 1 fully saturated rings. The van der Waals surface area contributed by atoms with Gasteiger partial charge in [0.25, 0.3) is 0 Å². The Morgan fingerprint density at radius 3 is 2.80 bits per heavy atom. The first-order chi connectivity index (χ1) is 4.88. The third kappa shape index (κ3) is 0.814. The Bertz CT molecular complexity index is 269. The van der Waals surface area contributed by atoms with E-state index in [4.69, 9.17) is 12.2 Å². The summed E-state index contributed by atoms with van der Waals surface area (Å²) in [5.41, 5.74) is 0. The summed E-state index contributed by atoms with van der Waals surface area (Å²) in [5, 5.41) is 0. The molecule has 0 unspecified atom stereocenters. The van der Waals surface area contributed by atoms with Crippen molar-refractivity contribution in [2.24, 2.45) is 0 Å². The maximum atomic E-state index is 5.07. The Hall–Kier alpha value is -0.570. The predicted molar refractivity (Wildman–Crippen MR) is 42.5 cm³/mol. The second-order valence-electron chi connectivity index (χ2n) is 2.76. The highest BCUT2D eigenvalue weighted by molar-refractivity contribution is 7.71. The molecular formula is C7H10N2S. The standard InChI is InChI=1S/C7H10N2S/c10-7-8-4-5-9(7)6-2-1-3-6/h4-6H,1-3H2,(H,8,10). The molecule has 0 bridgehead atoms. The Morgan fingerprint density at radius 1 is 1.60 bits per heavy atom. The SMILES string of the molecule is S=c1[nH]ccn1C1CCC1. The fraction of sp³-hybridized carbons (Fsp3) is 0.571. The van der Waals surface area contributed by atoms with Gasteiger partial charge in [-0.3, -0.25) is 0 Å². The van der Waals surface area contributed by atoms with Crippen molar-refractivity contribution in [3.63, 3.8) is 0 Å².